The highest BCUT2D eigenvalue weighted by molar-refractivity contribution is 6.06. The minimum Gasteiger partial charge on any atom is -0.361 e. The fourth-order valence-electron chi connectivity index (χ4n) is 2.17. The first kappa shape index (κ1) is 10.4. The van der Waals surface area contributed by atoms with Crippen molar-refractivity contribution in [1.82, 2.24) is 10.3 Å². The molecule has 1 aliphatic rings. The minimum absolute atomic E-state index is 0.0378. The number of hydrogen-bond donors (Lipinski definition) is 2. The Hall–Kier alpha value is -1.77. The molecule has 88 valence electrons. The average Bonchev–Trinajstić information content (AvgIpc) is 3.04. The molecule has 0 saturated heterocycles. The van der Waals surface area contributed by atoms with Gasteiger partial charge in [-0.3, -0.25) is 4.79 Å². The van der Waals surface area contributed by atoms with Gasteiger partial charge in [0, 0.05) is 29.2 Å². The maximum atomic E-state index is 12.0. The summed E-state index contributed by atoms with van der Waals surface area (Å²) in [5.41, 5.74) is 1.78. The van der Waals surface area contributed by atoms with Gasteiger partial charge >= 0.3 is 0 Å². The zero-order chi connectivity index (χ0) is 11.7. The Morgan fingerprint density at radius 1 is 1.35 bits per heavy atom. The molecule has 1 heterocycles. The van der Waals surface area contributed by atoms with E-state index >= 15 is 0 Å². The van der Waals surface area contributed by atoms with Gasteiger partial charge in [0.25, 0.3) is 5.91 Å². The van der Waals surface area contributed by atoms with E-state index in [4.69, 9.17) is 0 Å². The fraction of sp³-hybridized carbons (Fsp3) is 0.357. The number of carbonyl (C=O) groups is 1. The SMILES string of the molecule is O=C(NCCC1CC1)c1cccc2[nH]ccc12. The number of H-pyrrole nitrogens is 1. The van der Waals surface area contributed by atoms with Crippen molar-refractivity contribution < 1.29 is 4.79 Å². The lowest BCUT2D eigenvalue weighted by molar-refractivity contribution is 0.0954. The van der Waals surface area contributed by atoms with Gasteiger partial charge in [0.1, 0.15) is 0 Å². The third-order valence-corrected chi connectivity index (χ3v) is 3.37. The largest absolute Gasteiger partial charge is 0.361 e. The average molecular weight is 228 g/mol. The Bertz CT molecular complexity index is 540. The lowest BCUT2D eigenvalue weighted by atomic mass is 10.1. The van der Waals surface area contributed by atoms with Crippen molar-refractivity contribution in [3.8, 4) is 0 Å². The first-order valence-electron chi connectivity index (χ1n) is 6.19. The van der Waals surface area contributed by atoms with E-state index in [2.05, 4.69) is 10.3 Å². The molecule has 3 heteroatoms. The number of aromatic nitrogens is 1. The van der Waals surface area contributed by atoms with Gasteiger partial charge in [-0.05, 0) is 30.5 Å². The molecular formula is C14H16N2O. The summed E-state index contributed by atoms with van der Waals surface area (Å²) in [6.07, 6.45) is 5.66. The number of aromatic amines is 1. The number of carbonyl (C=O) groups excluding carboxylic acids is 1. The van der Waals surface area contributed by atoms with E-state index in [1.165, 1.54) is 12.8 Å². The Kier molecular flexibility index (Phi) is 2.59. The Labute approximate surface area is 100 Å². The second-order valence-electron chi connectivity index (χ2n) is 4.73. The molecule has 0 spiro atoms. The fourth-order valence-corrected chi connectivity index (χ4v) is 2.17. The van der Waals surface area contributed by atoms with Crippen molar-refractivity contribution in [3.63, 3.8) is 0 Å². The van der Waals surface area contributed by atoms with Crippen molar-refractivity contribution in [3.05, 3.63) is 36.0 Å². The van der Waals surface area contributed by atoms with Gasteiger partial charge in [-0.15, -0.1) is 0 Å². The van der Waals surface area contributed by atoms with E-state index in [1.807, 2.05) is 30.5 Å². The highest BCUT2D eigenvalue weighted by Crippen LogP contribution is 2.31. The molecule has 17 heavy (non-hydrogen) atoms. The zero-order valence-corrected chi connectivity index (χ0v) is 9.70. The summed E-state index contributed by atoms with van der Waals surface area (Å²) in [4.78, 5) is 15.2. The van der Waals surface area contributed by atoms with Gasteiger partial charge in [-0.25, -0.2) is 0 Å². The number of fused-ring (bicyclic) bond motifs is 1. The quantitative estimate of drug-likeness (QED) is 0.830. The van der Waals surface area contributed by atoms with E-state index in [1.54, 1.807) is 0 Å². The molecule has 1 saturated carbocycles. The molecule has 1 aromatic heterocycles. The second-order valence-corrected chi connectivity index (χ2v) is 4.73. The summed E-state index contributed by atoms with van der Waals surface area (Å²) in [7, 11) is 0. The number of rotatable bonds is 4. The lowest BCUT2D eigenvalue weighted by Gasteiger charge is -2.05. The van der Waals surface area contributed by atoms with Crippen LogP contribution in [0, 0.1) is 5.92 Å². The molecule has 0 bridgehead atoms. The molecule has 0 aliphatic heterocycles. The van der Waals surface area contributed by atoms with Crippen LogP contribution in [0.3, 0.4) is 0 Å². The molecule has 1 aliphatic carbocycles. The van der Waals surface area contributed by atoms with Crippen molar-refractivity contribution in [1.29, 1.82) is 0 Å². The van der Waals surface area contributed by atoms with E-state index in [9.17, 15) is 4.79 Å². The van der Waals surface area contributed by atoms with E-state index in [0.717, 1.165) is 35.3 Å². The smallest absolute Gasteiger partial charge is 0.251 e. The third kappa shape index (κ3) is 2.18. The van der Waals surface area contributed by atoms with Crippen LogP contribution in [0.25, 0.3) is 10.9 Å². The van der Waals surface area contributed by atoms with Crippen LogP contribution in [0.1, 0.15) is 29.6 Å². The van der Waals surface area contributed by atoms with Gasteiger partial charge in [0.05, 0.1) is 0 Å². The summed E-state index contributed by atoms with van der Waals surface area (Å²) in [5, 5.41) is 4.00. The molecule has 1 aromatic carbocycles. The molecule has 2 N–H and O–H groups in total. The summed E-state index contributed by atoms with van der Waals surface area (Å²) in [5.74, 6) is 0.897. The Morgan fingerprint density at radius 3 is 3.06 bits per heavy atom. The second kappa shape index (κ2) is 4.24. The zero-order valence-electron chi connectivity index (χ0n) is 9.70. The normalized spacial score (nSPS) is 15.1. The van der Waals surface area contributed by atoms with E-state index in [-0.39, 0.29) is 5.91 Å². The van der Waals surface area contributed by atoms with Crippen LogP contribution in [0.2, 0.25) is 0 Å². The molecular weight excluding hydrogens is 212 g/mol. The number of hydrogen-bond acceptors (Lipinski definition) is 1. The predicted octanol–water partition coefficient (Wildman–Crippen LogP) is 2.70. The maximum Gasteiger partial charge on any atom is 0.251 e. The van der Waals surface area contributed by atoms with Gasteiger partial charge in [0.15, 0.2) is 0 Å². The Balaban J connectivity index is 1.72. The van der Waals surface area contributed by atoms with Gasteiger partial charge < -0.3 is 10.3 Å². The number of benzene rings is 1. The summed E-state index contributed by atoms with van der Waals surface area (Å²) in [6, 6.07) is 7.72. The first-order valence-corrected chi connectivity index (χ1v) is 6.19. The van der Waals surface area contributed by atoms with E-state index < -0.39 is 0 Å². The standard InChI is InChI=1S/C14H16N2O/c17-14(16-8-6-10-4-5-10)12-2-1-3-13-11(12)7-9-15-13/h1-3,7,9-10,15H,4-6,8H2,(H,16,17). The summed E-state index contributed by atoms with van der Waals surface area (Å²) >= 11 is 0. The number of amides is 1. The molecule has 0 radical (unpaired) electrons. The van der Waals surface area contributed by atoms with Crippen LogP contribution < -0.4 is 5.32 Å². The Morgan fingerprint density at radius 2 is 2.24 bits per heavy atom. The van der Waals surface area contributed by atoms with Crippen LogP contribution in [0.5, 0.6) is 0 Å². The maximum absolute atomic E-state index is 12.0. The molecule has 0 atom stereocenters. The highest BCUT2D eigenvalue weighted by Gasteiger charge is 2.20. The van der Waals surface area contributed by atoms with Gasteiger partial charge in [0.2, 0.25) is 0 Å². The molecule has 3 nitrogen and oxygen atoms in total. The molecule has 1 fully saturated rings. The number of nitrogens with one attached hydrogen (secondary N) is 2. The van der Waals surface area contributed by atoms with Crippen LogP contribution in [0.4, 0.5) is 0 Å². The molecule has 1 amide bonds. The van der Waals surface area contributed by atoms with Gasteiger partial charge in [-0.2, -0.15) is 0 Å². The first-order chi connectivity index (χ1) is 8.34. The molecule has 3 rings (SSSR count). The van der Waals surface area contributed by atoms with Gasteiger partial charge in [-0.1, -0.05) is 18.9 Å². The van der Waals surface area contributed by atoms with Crippen LogP contribution in [-0.2, 0) is 0 Å². The van der Waals surface area contributed by atoms with Crippen molar-refractivity contribution >= 4 is 16.8 Å². The van der Waals surface area contributed by atoms with Crippen molar-refractivity contribution in [2.24, 2.45) is 5.92 Å². The minimum atomic E-state index is 0.0378. The van der Waals surface area contributed by atoms with Crippen molar-refractivity contribution in [2.45, 2.75) is 19.3 Å². The van der Waals surface area contributed by atoms with Crippen LogP contribution in [0.15, 0.2) is 30.5 Å². The third-order valence-electron chi connectivity index (χ3n) is 3.37. The van der Waals surface area contributed by atoms with Crippen molar-refractivity contribution in [2.75, 3.05) is 6.54 Å². The predicted molar refractivity (Wildman–Crippen MR) is 68.0 cm³/mol. The van der Waals surface area contributed by atoms with Crippen LogP contribution in [-0.4, -0.2) is 17.4 Å². The topological polar surface area (TPSA) is 44.9 Å². The summed E-state index contributed by atoms with van der Waals surface area (Å²) < 4.78 is 0. The van der Waals surface area contributed by atoms with Crippen LogP contribution >= 0.6 is 0 Å². The molecule has 2 aromatic rings. The monoisotopic (exact) mass is 228 g/mol. The van der Waals surface area contributed by atoms with E-state index in [0.29, 0.717) is 0 Å². The highest BCUT2D eigenvalue weighted by atomic mass is 16.1. The summed E-state index contributed by atoms with van der Waals surface area (Å²) in [6.45, 7) is 0.796. The molecule has 0 unspecified atom stereocenters. The lowest BCUT2D eigenvalue weighted by Crippen LogP contribution is -2.24.